The van der Waals surface area contributed by atoms with Crippen molar-refractivity contribution < 1.29 is 24.3 Å². The fourth-order valence-electron chi connectivity index (χ4n) is 2.26. The number of hydrogen-bond acceptors (Lipinski definition) is 4. The zero-order valence-corrected chi connectivity index (χ0v) is 13.6. The summed E-state index contributed by atoms with van der Waals surface area (Å²) in [6.07, 6.45) is 0. The van der Waals surface area contributed by atoms with E-state index in [9.17, 15) is 14.4 Å². The molecule has 0 aromatic heterocycles. The Hall–Kier alpha value is -2.90. The summed E-state index contributed by atoms with van der Waals surface area (Å²) in [5.41, 5.74) is 0.941. The van der Waals surface area contributed by atoms with Crippen LogP contribution in [0.4, 0.5) is 4.79 Å². The van der Waals surface area contributed by atoms with Crippen molar-refractivity contribution in [2.75, 3.05) is 19.6 Å². The number of rotatable bonds is 3. The number of likely N-dealkylation sites (N-methyl/N-ethyl adjacent to an activating group) is 1. The van der Waals surface area contributed by atoms with Gasteiger partial charge in [0.2, 0.25) is 0 Å². The Balaban J connectivity index is 0.000000891. The second-order valence-electron chi connectivity index (χ2n) is 5.03. The second-order valence-corrected chi connectivity index (χ2v) is 5.03. The summed E-state index contributed by atoms with van der Waals surface area (Å²) in [6.45, 7) is 4.47. The Labute approximate surface area is 140 Å². The molecular formula is C16H21N3O5. The fourth-order valence-corrected chi connectivity index (χ4v) is 2.26. The maximum atomic E-state index is 12.2. The van der Waals surface area contributed by atoms with Gasteiger partial charge >= 0.3 is 17.8 Å². The van der Waals surface area contributed by atoms with Crippen LogP contribution < -0.4 is 5.32 Å². The lowest BCUT2D eigenvalue weighted by molar-refractivity contribution is -0.153. The van der Waals surface area contributed by atoms with E-state index in [0.717, 1.165) is 10.5 Å². The van der Waals surface area contributed by atoms with Gasteiger partial charge in [-0.3, -0.25) is 19.3 Å². The first-order chi connectivity index (χ1) is 11.5. The normalized spacial score (nSPS) is 15.2. The van der Waals surface area contributed by atoms with Crippen molar-refractivity contribution in [1.82, 2.24) is 15.1 Å². The number of urea groups is 1. The van der Waals surface area contributed by atoms with E-state index in [1.165, 1.54) is 4.90 Å². The van der Waals surface area contributed by atoms with Gasteiger partial charge in [0.25, 0.3) is 6.47 Å². The molecule has 0 saturated carbocycles. The van der Waals surface area contributed by atoms with Crippen LogP contribution in [0.5, 0.6) is 0 Å². The lowest BCUT2D eigenvalue weighted by Crippen LogP contribution is -2.58. The SMILES string of the molecule is CCN1CCN(C(=O)NC(C)c2ccccc2)C(=O)C1=O.O=CO. The van der Waals surface area contributed by atoms with E-state index < -0.39 is 17.8 Å². The van der Waals surface area contributed by atoms with Gasteiger partial charge < -0.3 is 15.3 Å². The highest BCUT2D eigenvalue weighted by atomic mass is 16.3. The molecular weight excluding hydrogens is 314 g/mol. The fraction of sp³-hybridized carbons (Fsp3) is 0.375. The molecule has 1 aliphatic heterocycles. The van der Waals surface area contributed by atoms with Crippen LogP contribution in [-0.4, -0.2) is 58.9 Å². The first-order valence-corrected chi connectivity index (χ1v) is 7.50. The maximum Gasteiger partial charge on any atom is 0.325 e. The van der Waals surface area contributed by atoms with Crippen molar-refractivity contribution >= 4 is 24.3 Å². The quantitative estimate of drug-likeness (QED) is 0.629. The maximum absolute atomic E-state index is 12.2. The standard InChI is InChI=1S/C15H19N3O3.CH2O2/c1-3-17-9-10-18(14(20)13(17)19)15(21)16-11(2)12-7-5-4-6-8-12;2-1-3/h4-8,11H,3,9-10H2,1-2H3,(H,16,21);1H,(H,2,3). The van der Waals surface area contributed by atoms with Gasteiger partial charge in [0.05, 0.1) is 6.04 Å². The van der Waals surface area contributed by atoms with Gasteiger partial charge in [-0.25, -0.2) is 4.79 Å². The third-order valence-corrected chi connectivity index (χ3v) is 3.58. The highest BCUT2D eigenvalue weighted by molar-refractivity contribution is 6.38. The van der Waals surface area contributed by atoms with Gasteiger partial charge in [0.15, 0.2) is 0 Å². The van der Waals surface area contributed by atoms with Gasteiger partial charge in [-0.2, -0.15) is 0 Å². The minimum atomic E-state index is -0.763. The van der Waals surface area contributed by atoms with Crippen LogP contribution in [0.15, 0.2) is 30.3 Å². The molecule has 1 aromatic carbocycles. The number of nitrogens with one attached hydrogen (secondary N) is 1. The average Bonchev–Trinajstić information content (AvgIpc) is 2.58. The van der Waals surface area contributed by atoms with Gasteiger partial charge in [0.1, 0.15) is 0 Å². The molecule has 1 heterocycles. The molecule has 4 amide bonds. The summed E-state index contributed by atoms with van der Waals surface area (Å²) >= 11 is 0. The summed E-state index contributed by atoms with van der Waals surface area (Å²) in [5.74, 6) is -1.38. The Morgan fingerprint density at radius 1 is 1.25 bits per heavy atom. The Kier molecular flexibility index (Phi) is 7.41. The highest BCUT2D eigenvalue weighted by Crippen LogP contribution is 2.13. The number of nitrogens with zero attached hydrogens (tertiary/aromatic N) is 2. The van der Waals surface area contributed by atoms with Gasteiger partial charge in [-0.05, 0) is 19.4 Å². The minimum absolute atomic E-state index is 0.228. The predicted octanol–water partition coefficient (Wildman–Crippen LogP) is 0.849. The van der Waals surface area contributed by atoms with Crippen molar-refractivity contribution in [3.8, 4) is 0 Å². The van der Waals surface area contributed by atoms with Crippen LogP contribution in [-0.2, 0) is 14.4 Å². The zero-order valence-electron chi connectivity index (χ0n) is 13.6. The first-order valence-electron chi connectivity index (χ1n) is 7.50. The molecule has 130 valence electrons. The molecule has 2 N–H and O–H groups in total. The van der Waals surface area contributed by atoms with Crippen LogP contribution in [0, 0.1) is 0 Å². The molecule has 8 nitrogen and oxygen atoms in total. The molecule has 0 radical (unpaired) electrons. The van der Waals surface area contributed by atoms with Gasteiger partial charge in [-0.1, -0.05) is 30.3 Å². The average molecular weight is 335 g/mol. The third kappa shape index (κ3) is 4.80. The van der Waals surface area contributed by atoms with Crippen molar-refractivity contribution in [2.24, 2.45) is 0 Å². The monoisotopic (exact) mass is 335 g/mol. The van der Waals surface area contributed by atoms with E-state index in [1.807, 2.05) is 37.3 Å². The van der Waals surface area contributed by atoms with E-state index in [-0.39, 0.29) is 19.1 Å². The molecule has 24 heavy (non-hydrogen) atoms. The molecule has 1 atom stereocenters. The zero-order chi connectivity index (χ0) is 18.1. The minimum Gasteiger partial charge on any atom is -0.483 e. The molecule has 0 spiro atoms. The Bertz CT molecular complexity index is 591. The van der Waals surface area contributed by atoms with Crippen LogP contribution in [0.3, 0.4) is 0 Å². The topological polar surface area (TPSA) is 107 Å². The smallest absolute Gasteiger partial charge is 0.325 e. The third-order valence-electron chi connectivity index (χ3n) is 3.58. The van der Waals surface area contributed by atoms with E-state index in [1.54, 1.807) is 6.92 Å². The summed E-state index contributed by atoms with van der Waals surface area (Å²) < 4.78 is 0. The van der Waals surface area contributed by atoms with Crippen LogP contribution in [0.2, 0.25) is 0 Å². The summed E-state index contributed by atoms with van der Waals surface area (Å²) in [4.78, 5) is 46.6. The number of imide groups is 1. The summed E-state index contributed by atoms with van der Waals surface area (Å²) in [6, 6.07) is 8.69. The number of carboxylic acid groups (broad SMARTS) is 1. The molecule has 0 bridgehead atoms. The number of benzene rings is 1. The van der Waals surface area contributed by atoms with E-state index in [2.05, 4.69) is 5.32 Å². The van der Waals surface area contributed by atoms with Crippen molar-refractivity contribution in [3.05, 3.63) is 35.9 Å². The molecule has 1 fully saturated rings. The van der Waals surface area contributed by atoms with Crippen molar-refractivity contribution in [2.45, 2.75) is 19.9 Å². The van der Waals surface area contributed by atoms with Gasteiger partial charge in [0, 0.05) is 19.6 Å². The van der Waals surface area contributed by atoms with Crippen LogP contribution in [0.25, 0.3) is 0 Å². The molecule has 1 saturated heterocycles. The first kappa shape index (κ1) is 19.1. The van der Waals surface area contributed by atoms with Crippen LogP contribution >= 0.6 is 0 Å². The van der Waals surface area contributed by atoms with E-state index >= 15 is 0 Å². The molecule has 1 unspecified atom stereocenters. The number of carbonyl (C=O) groups excluding carboxylic acids is 3. The molecule has 1 aliphatic rings. The van der Waals surface area contributed by atoms with E-state index in [0.29, 0.717) is 13.1 Å². The molecule has 2 rings (SSSR count). The Morgan fingerprint density at radius 2 is 1.83 bits per heavy atom. The number of hydrogen-bond donors (Lipinski definition) is 2. The lowest BCUT2D eigenvalue weighted by atomic mass is 10.1. The Morgan fingerprint density at radius 3 is 2.38 bits per heavy atom. The van der Waals surface area contributed by atoms with Gasteiger partial charge in [-0.15, -0.1) is 0 Å². The van der Waals surface area contributed by atoms with Crippen molar-refractivity contribution in [3.63, 3.8) is 0 Å². The molecule has 8 heteroatoms. The molecule has 1 aromatic rings. The lowest BCUT2D eigenvalue weighted by Gasteiger charge is -2.32. The summed E-state index contributed by atoms with van der Waals surface area (Å²) in [5, 5.41) is 9.63. The van der Waals surface area contributed by atoms with E-state index in [4.69, 9.17) is 9.90 Å². The molecule has 0 aliphatic carbocycles. The number of piperazine rings is 1. The second kappa shape index (κ2) is 9.29. The number of amides is 4. The van der Waals surface area contributed by atoms with Crippen molar-refractivity contribution in [1.29, 1.82) is 0 Å². The van der Waals surface area contributed by atoms with Crippen LogP contribution in [0.1, 0.15) is 25.5 Å². The largest absolute Gasteiger partial charge is 0.483 e. The number of carbonyl (C=O) groups is 4. The summed E-state index contributed by atoms with van der Waals surface area (Å²) in [7, 11) is 0. The predicted molar refractivity (Wildman–Crippen MR) is 86.0 cm³/mol. The highest BCUT2D eigenvalue weighted by Gasteiger charge is 2.35.